The van der Waals surface area contributed by atoms with Gasteiger partial charge in [-0.1, -0.05) is 29.5 Å². The van der Waals surface area contributed by atoms with E-state index >= 15 is 0 Å². The van der Waals surface area contributed by atoms with E-state index in [1.807, 2.05) is 43.1 Å². The Morgan fingerprint density at radius 2 is 2.12 bits per heavy atom. The lowest BCUT2D eigenvalue weighted by Crippen LogP contribution is -2.28. The molecule has 0 saturated carbocycles. The van der Waals surface area contributed by atoms with Crippen LogP contribution in [0, 0.1) is 6.92 Å². The lowest BCUT2D eigenvalue weighted by atomic mass is 10.0. The molecule has 134 valence electrons. The number of aliphatic hydroxyl groups is 1. The first-order chi connectivity index (χ1) is 12.1. The van der Waals surface area contributed by atoms with Gasteiger partial charge in [0.2, 0.25) is 10.8 Å². The van der Waals surface area contributed by atoms with Crippen LogP contribution in [-0.4, -0.2) is 56.5 Å². The molecule has 0 aliphatic heterocycles. The van der Waals surface area contributed by atoms with Crippen LogP contribution in [0.5, 0.6) is 11.6 Å². The highest BCUT2D eigenvalue weighted by atomic mass is 32.1. The van der Waals surface area contributed by atoms with Crippen LogP contribution < -0.4 is 4.74 Å². The fourth-order valence-electron chi connectivity index (χ4n) is 2.89. The standard InChI is InChI=1S/C17H22N4O3S/c1-4-24-13-8-6-5-7-12(13)14(20(3)9-10-22)15-16(23)21-17(25-15)18-11(2)19-21/h5-8,14,22-23H,4,9-10H2,1-3H3. The van der Waals surface area contributed by atoms with Crippen molar-refractivity contribution in [2.75, 3.05) is 26.8 Å². The second-order valence-corrected chi connectivity index (χ2v) is 6.73. The number of fused-ring (bicyclic) bond motifs is 1. The SMILES string of the molecule is CCOc1ccccc1C(c1sc2nc(C)nn2c1O)N(C)CCO. The Morgan fingerprint density at radius 1 is 1.36 bits per heavy atom. The summed E-state index contributed by atoms with van der Waals surface area (Å²) < 4.78 is 7.23. The van der Waals surface area contributed by atoms with E-state index in [-0.39, 0.29) is 18.5 Å². The van der Waals surface area contributed by atoms with Crippen molar-refractivity contribution in [2.45, 2.75) is 19.9 Å². The molecule has 2 N–H and O–H groups in total. The maximum absolute atomic E-state index is 10.7. The van der Waals surface area contributed by atoms with Gasteiger partial charge in [-0.3, -0.25) is 4.90 Å². The number of aromatic hydroxyl groups is 1. The number of benzene rings is 1. The molecule has 1 atom stereocenters. The number of aryl methyl sites for hydroxylation is 1. The van der Waals surface area contributed by atoms with E-state index in [4.69, 9.17) is 4.74 Å². The molecular formula is C17H22N4O3S. The number of thiazole rings is 1. The Bertz CT molecular complexity index is 861. The van der Waals surface area contributed by atoms with E-state index in [1.54, 1.807) is 6.92 Å². The quantitative estimate of drug-likeness (QED) is 0.671. The predicted molar refractivity (Wildman–Crippen MR) is 96.4 cm³/mol. The molecule has 2 aromatic heterocycles. The van der Waals surface area contributed by atoms with Crippen LogP contribution in [0.25, 0.3) is 4.96 Å². The van der Waals surface area contributed by atoms with Crippen LogP contribution in [-0.2, 0) is 0 Å². The number of aliphatic hydroxyl groups excluding tert-OH is 1. The molecule has 1 aromatic carbocycles. The van der Waals surface area contributed by atoms with Crippen molar-refractivity contribution in [1.82, 2.24) is 19.5 Å². The van der Waals surface area contributed by atoms with Crippen molar-refractivity contribution in [2.24, 2.45) is 0 Å². The fourth-order valence-corrected chi connectivity index (χ4v) is 4.07. The number of likely N-dealkylation sites (N-methyl/N-ethyl adjacent to an activating group) is 1. The molecular weight excluding hydrogens is 340 g/mol. The molecule has 25 heavy (non-hydrogen) atoms. The van der Waals surface area contributed by atoms with Gasteiger partial charge in [0.1, 0.15) is 11.6 Å². The lowest BCUT2D eigenvalue weighted by Gasteiger charge is -2.28. The lowest BCUT2D eigenvalue weighted by molar-refractivity contribution is 0.194. The molecule has 2 heterocycles. The topological polar surface area (TPSA) is 83.1 Å². The first kappa shape index (κ1) is 17.7. The van der Waals surface area contributed by atoms with Crippen molar-refractivity contribution in [1.29, 1.82) is 0 Å². The van der Waals surface area contributed by atoms with Gasteiger partial charge < -0.3 is 14.9 Å². The molecule has 7 nitrogen and oxygen atoms in total. The second-order valence-electron chi connectivity index (χ2n) is 5.72. The van der Waals surface area contributed by atoms with Crippen molar-refractivity contribution in [3.63, 3.8) is 0 Å². The third-order valence-corrected chi connectivity index (χ3v) is 5.03. The van der Waals surface area contributed by atoms with Crippen molar-refractivity contribution in [3.05, 3.63) is 40.5 Å². The van der Waals surface area contributed by atoms with Gasteiger partial charge in [-0.25, -0.2) is 4.98 Å². The first-order valence-electron chi connectivity index (χ1n) is 8.14. The smallest absolute Gasteiger partial charge is 0.230 e. The summed E-state index contributed by atoms with van der Waals surface area (Å²) in [5.74, 6) is 1.44. The predicted octanol–water partition coefficient (Wildman–Crippen LogP) is 2.22. The summed E-state index contributed by atoms with van der Waals surface area (Å²) >= 11 is 1.39. The normalized spacial score (nSPS) is 12.8. The molecule has 8 heteroatoms. The third kappa shape index (κ3) is 3.33. The Morgan fingerprint density at radius 3 is 2.80 bits per heavy atom. The summed E-state index contributed by atoms with van der Waals surface area (Å²) in [6.45, 7) is 4.75. The molecule has 0 aliphatic rings. The maximum Gasteiger partial charge on any atom is 0.230 e. The van der Waals surface area contributed by atoms with E-state index in [1.165, 1.54) is 15.9 Å². The number of hydrogen-bond donors (Lipinski definition) is 2. The van der Waals surface area contributed by atoms with E-state index in [0.717, 1.165) is 16.2 Å². The van der Waals surface area contributed by atoms with Crippen molar-refractivity contribution < 1.29 is 14.9 Å². The van der Waals surface area contributed by atoms with Gasteiger partial charge in [0.15, 0.2) is 0 Å². The molecule has 0 amide bonds. The zero-order valence-corrected chi connectivity index (χ0v) is 15.3. The van der Waals surface area contributed by atoms with Crippen molar-refractivity contribution in [3.8, 4) is 11.6 Å². The average Bonchev–Trinajstić information content (AvgIpc) is 3.08. The molecule has 0 fully saturated rings. The summed E-state index contributed by atoms with van der Waals surface area (Å²) in [6, 6.07) is 7.48. The van der Waals surface area contributed by atoms with Crippen LogP contribution in [0.2, 0.25) is 0 Å². The summed E-state index contributed by atoms with van der Waals surface area (Å²) in [4.78, 5) is 7.69. The van der Waals surface area contributed by atoms with Gasteiger partial charge in [0, 0.05) is 12.1 Å². The highest BCUT2D eigenvalue weighted by Gasteiger charge is 2.29. The second kappa shape index (κ2) is 7.38. The van der Waals surface area contributed by atoms with Crippen LogP contribution in [0.15, 0.2) is 24.3 Å². The minimum absolute atomic E-state index is 0.0183. The van der Waals surface area contributed by atoms with E-state index in [0.29, 0.717) is 23.9 Å². The number of ether oxygens (including phenoxy) is 1. The largest absolute Gasteiger partial charge is 0.494 e. The van der Waals surface area contributed by atoms with E-state index in [2.05, 4.69) is 10.1 Å². The average molecular weight is 362 g/mol. The molecule has 0 bridgehead atoms. The Labute approximate surface area is 150 Å². The monoisotopic (exact) mass is 362 g/mol. The molecule has 0 aliphatic carbocycles. The van der Waals surface area contributed by atoms with Gasteiger partial charge in [-0.05, 0) is 27.0 Å². The minimum Gasteiger partial charge on any atom is -0.494 e. The van der Waals surface area contributed by atoms with Gasteiger partial charge in [-0.2, -0.15) is 4.52 Å². The zero-order chi connectivity index (χ0) is 18.0. The van der Waals surface area contributed by atoms with Crippen LogP contribution in [0.1, 0.15) is 29.2 Å². The van der Waals surface area contributed by atoms with Gasteiger partial charge in [0.05, 0.1) is 24.1 Å². The van der Waals surface area contributed by atoms with Crippen molar-refractivity contribution >= 4 is 16.3 Å². The van der Waals surface area contributed by atoms with Gasteiger partial charge >= 0.3 is 0 Å². The number of aromatic nitrogens is 3. The molecule has 3 aromatic rings. The molecule has 3 rings (SSSR count). The summed E-state index contributed by atoms with van der Waals surface area (Å²) in [5.41, 5.74) is 0.928. The maximum atomic E-state index is 10.7. The first-order valence-corrected chi connectivity index (χ1v) is 8.96. The number of hydrogen-bond acceptors (Lipinski definition) is 7. The number of rotatable bonds is 7. The molecule has 0 radical (unpaired) electrons. The molecule has 0 saturated heterocycles. The number of para-hydroxylation sites is 1. The van der Waals surface area contributed by atoms with E-state index in [9.17, 15) is 10.2 Å². The number of nitrogens with zero attached hydrogens (tertiary/aromatic N) is 4. The Kier molecular flexibility index (Phi) is 5.22. The molecule has 0 spiro atoms. The summed E-state index contributed by atoms with van der Waals surface area (Å²) in [7, 11) is 1.91. The zero-order valence-electron chi connectivity index (χ0n) is 14.5. The fraction of sp³-hybridized carbons (Fsp3) is 0.412. The molecule has 1 unspecified atom stereocenters. The van der Waals surface area contributed by atoms with Crippen LogP contribution >= 0.6 is 11.3 Å². The van der Waals surface area contributed by atoms with Gasteiger partial charge in [0.25, 0.3) is 0 Å². The summed E-state index contributed by atoms with van der Waals surface area (Å²) in [6.07, 6.45) is 0. The summed E-state index contributed by atoms with van der Waals surface area (Å²) in [5, 5.41) is 24.3. The Hall–Kier alpha value is -2.16. The highest BCUT2D eigenvalue weighted by Crippen LogP contribution is 2.42. The van der Waals surface area contributed by atoms with E-state index < -0.39 is 0 Å². The highest BCUT2D eigenvalue weighted by molar-refractivity contribution is 7.17. The minimum atomic E-state index is -0.274. The Balaban J connectivity index is 2.14. The third-order valence-electron chi connectivity index (χ3n) is 3.96. The van der Waals surface area contributed by atoms with Crippen LogP contribution in [0.3, 0.4) is 0 Å². The van der Waals surface area contributed by atoms with Crippen LogP contribution in [0.4, 0.5) is 0 Å². The van der Waals surface area contributed by atoms with Gasteiger partial charge in [-0.15, -0.1) is 5.10 Å².